The first kappa shape index (κ1) is 22.5. The number of methoxy groups -OCH3 is 1. The van der Waals surface area contributed by atoms with Crippen molar-refractivity contribution in [2.24, 2.45) is 0 Å². The SMILES string of the molecule is COC(=O)C(C)(COc1ccccc1)NCCS(=O)(=O)c1cc(Cl)ccc1Cl. The third kappa shape index (κ3) is 5.85. The number of halogens is 2. The van der Waals surface area contributed by atoms with E-state index in [2.05, 4.69) is 5.32 Å². The van der Waals surface area contributed by atoms with Gasteiger partial charge in [-0.2, -0.15) is 0 Å². The molecule has 0 aliphatic heterocycles. The lowest BCUT2D eigenvalue weighted by molar-refractivity contribution is -0.149. The van der Waals surface area contributed by atoms with Crippen LogP contribution in [0.15, 0.2) is 53.4 Å². The number of benzene rings is 2. The molecule has 0 spiro atoms. The van der Waals surface area contributed by atoms with Crippen LogP contribution in [0.3, 0.4) is 0 Å². The first-order valence-corrected chi connectivity index (χ1v) is 10.8. The highest BCUT2D eigenvalue weighted by atomic mass is 35.5. The van der Waals surface area contributed by atoms with Crippen molar-refractivity contribution in [3.63, 3.8) is 0 Å². The van der Waals surface area contributed by atoms with Crippen LogP contribution < -0.4 is 10.1 Å². The molecule has 2 aromatic rings. The maximum atomic E-state index is 12.6. The highest BCUT2D eigenvalue weighted by molar-refractivity contribution is 7.91. The van der Waals surface area contributed by atoms with E-state index in [4.69, 9.17) is 32.7 Å². The van der Waals surface area contributed by atoms with E-state index in [1.807, 2.05) is 6.07 Å². The highest BCUT2D eigenvalue weighted by Crippen LogP contribution is 2.26. The third-order valence-electron chi connectivity index (χ3n) is 4.02. The summed E-state index contributed by atoms with van der Waals surface area (Å²) in [6, 6.07) is 13.2. The Morgan fingerprint density at radius 3 is 2.46 bits per heavy atom. The fraction of sp³-hybridized carbons (Fsp3) is 0.316. The Morgan fingerprint density at radius 2 is 1.82 bits per heavy atom. The molecule has 0 heterocycles. The molecular weight excluding hydrogens is 425 g/mol. The molecule has 0 aromatic heterocycles. The zero-order chi connectivity index (χ0) is 20.8. The van der Waals surface area contributed by atoms with Crippen LogP contribution in [0.4, 0.5) is 0 Å². The number of carbonyl (C=O) groups is 1. The number of ether oxygens (including phenoxy) is 2. The summed E-state index contributed by atoms with van der Waals surface area (Å²) in [5, 5.41) is 3.28. The topological polar surface area (TPSA) is 81.7 Å². The average molecular weight is 446 g/mol. The zero-order valence-corrected chi connectivity index (χ0v) is 17.8. The Kier molecular flexibility index (Phi) is 7.71. The van der Waals surface area contributed by atoms with Gasteiger partial charge in [0.15, 0.2) is 9.84 Å². The molecule has 0 amide bonds. The minimum atomic E-state index is -3.71. The Hall–Kier alpha value is -1.80. The van der Waals surface area contributed by atoms with Gasteiger partial charge >= 0.3 is 5.97 Å². The highest BCUT2D eigenvalue weighted by Gasteiger charge is 2.35. The fourth-order valence-electron chi connectivity index (χ4n) is 2.44. The molecular formula is C19H21Cl2NO5S. The summed E-state index contributed by atoms with van der Waals surface area (Å²) < 4.78 is 35.6. The van der Waals surface area contributed by atoms with Crippen LogP contribution >= 0.6 is 23.2 Å². The van der Waals surface area contributed by atoms with Crippen molar-refractivity contribution in [3.8, 4) is 5.75 Å². The molecule has 0 radical (unpaired) electrons. The van der Waals surface area contributed by atoms with Gasteiger partial charge in [0.2, 0.25) is 0 Å². The molecule has 1 unspecified atom stereocenters. The predicted molar refractivity (Wildman–Crippen MR) is 109 cm³/mol. The Balaban J connectivity index is 2.06. The van der Waals surface area contributed by atoms with E-state index in [0.717, 1.165) is 0 Å². The predicted octanol–water partition coefficient (Wildman–Crippen LogP) is 3.37. The van der Waals surface area contributed by atoms with Crippen molar-refractivity contribution >= 4 is 39.0 Å². The minimum absolute atomic E-state index is 0.0189. The van der Waals surface area contributed by atoms with Crippen molar-refractivity contribution in [2.75, 3.05) is 26.0 Å². The molecule has 152 valence electrons. The second kappa shape index (κ2) is 9.60. The van der Waals surface area contributed by atoms with Crippen molar-refractivity contribution in [1.82, 2.24) is 5.32 Å². The van der Waals surface area contributed by atoms with Gasteiger partial charge in [-0.3, -0.25) is 5.32 Å². The molecule has 1 atom stereocenters. The Labute approximate surface area is 174 Å². The molecule has 2 rings (SSSR count). The van der Waals surface area contributed by atoms with Gasteiger partial charge in [0, 0.05) is 11.6 Å². The van der Waals surface area contributed by atoms with Gasteiger partial charge in [0.25, 0.3) is 0 Å². The molecule has 0 saturated carbocycles. The van der Waals surface area contributed by atoms with Crippen LogP contribution in [0.1, 0.15) is 6.92 Å². The number of carbonyl (C=O) groups excluding carboxylic acids is 1. The van der Waals surface area contributed by atoms with Crippen LogP contribution in [-0.4, -0.2) is 45.9 Å². The van der Waals surface area contributed by atoms with E-state index in [-0.39, 0.29) is 33.8 Å². The summed E-state index contributed by atoms with van der Waals surface area (Å²) in [7, 11) is -2.45. The molecule has 2 aromatic carbocycles. The number of esters is 1. The molecule has 1 N–H and O–H groups in total. The lowest BCUT2D eigenvalue weighted by atomic mass is 10.0. The maximum Gasteiger partial charge on any atom is 0.329 e. The van der Waals surface area contributed by atoms with Gasteiger partial charge in [-0.05, 0) is 37.3 Å². The van der Waals surface area contributed by atoms with Gasteiger partial charge in [0.05, 0.1) is 22.8 Å². The first-order chi connectivity index (χ1) is 13.2. The lowest BCUT2D eigenvalue weighted by Gasteiger charge is -2.28. The Morgan fingerprint density at radius 1 is 1.14 bits per heavy atom. The van der Waals surface area contributed by atoms with Crippen molar-refractivity contribution < 1.29 is 22.7 Å². The number of hydrogen-bond donors (Lipinski definition) is 1. The molecule has 6 nitrogen and oxygen atoms in total. The summed E-state index contributed by atoms with van der Waals surface area (Å²) in [6.45, 7) is 1.53. The fourth-order valence-corrected chi connectivity index (χ4v) is 4.41. The van der Waals surface area contributed by atoms with E-state index in [1.54, 1.807) is 31.2 Å². The van der Waals surface area contributed by atoms with E-state index >= 15 is 0 Å². The normalized spacial score (nSPS) is 13.6. The van der Waals surface area contributed by atoms with E-state index in [0.29, 0.717) is 5.75 Å². The average Bonchev–Trinajstić information content (AvgIpc) is 2.68. The summed E-state index contributed by atoms with van der Waals surface area (Å²) in [4.78, 5) is 12.2. The molecule has 0 saturated heterocycles. The Bertz CT molecular complexity index is 921. The van der Waals surface area contributed by atoms with E-state index in [1.165, 1.54) is 25.3 Å². The monoisotopic (exact) mass is 445 g/mol. The largest absolute Gasteiger partial charge is 0.491 e. The number of para-hydroxylation sites is 1. The van der Waals surface area contributed by atoms with Crippen LogP contribution in [0.2, 0.25) is 10.0 Å². The van der Waals surface area contributed by atoms with Crippen LogP contribution in [0, 0.1) is 0 Å². The number of sulfone groups is 1. The summed E-state index contributed by atoms with van der Waals surface area (Å²) in [6.07, 6.45) is 0. The second-order valence-corrected chi connectivity index (χ2v) is 9.17. The van der Waals surface area contributed by atoms with Crippen LogP contribution in [0.25, 0.3) is 0 Å². The molecule has 9 heteroatoms. The lowest BCUT2D eigenvalue weighted by Crippen LogP contribution is -2.55. The standard InChI is InChI=1S/C19H21Cl2NO5S/c1-19(18(23)26-2,13-27-15-6-4-3-5-7-15)22-10-11-28(24,25)17-12-14(20)8-9-16(17)21/h3-9,12,22H,10-11,13H2,1-2H3. The van der Waals surface area contributed by atoms with Gasteiger partial charge in [0.1, 0.15) is 17.9 Å². The van der Waals surface area contributed by atoms with Crippen LogP contribution in [-0.2, 0) is 19.4 Å². The maximum absolute atomic E-state index is 12.6. The quantitative estimate of drug-likeness (QED) is 0.595. The molecule has 28 heavy (non-hydrogen) atoms. The number of hydrogen-bond acceptors (Lipinski definition) is 6. The van der Waals surface area contributed by atoms with Gasteiger partial charge in [-0.1, -0.05) is 41.4 Å². The summed E-state index contributed by atoms with van der Waals surface area (Å²) in [5.74, 6) is -0.273. The van der Waals surface area contributed by atoms with E-state index < -0.39 is 21.3 Å². The third-order valence-corrected chi connectivity index (χ3v) is 6.45. The molecule has 0 fully saturated rings. The minimum Gasteiger partial charge on any atom is -0.491 e. The summed E-state index contributed by atoms with van der Waals surface area (Å²) in [5.41, 5.74) is -1.24. The van der Waals surface area contributed by atoms with Crippen molar-refractivity contribution in [3.05, 3.63) is 58.6 Å². The van der Waals surface area contributed by atoms with Gasteiger partial charge in [-0.25, -0.2) is 13.2 Å². The van der Waals surface area contributed by atoms with Gasteiger partial charge < -0.3 is 9.47 Å². The number of nitrogens with one attached hydrogen (secondary N) is 1. The number of rotatable bonds is 9. The van der Waals surface area contributed by atoms with Gasteiger partial charge in [-0.15, -0.1) is 0 Å². The molecule has 0 aliphatic carbocycles. The van der Waals surface area contributed by atoms with E-state index in [9.17, 15) is 13.2 Å². The first-order valence-electron chi connectivity index (χ1n) is 8.37. The van der Waals surface area contributed by atoms with Crippen molar-refractivity contribution in [2.45, 2.75) is 17.4 Å². The second-order valence-electron chi connectivity index (χ2n) is 6.25. The zero-order valence-electron chi connectivity index (χ0n) is 15.4. The molecule has 0 bridgehead atoms. The summed E-state index contributed by atoms with van der Waals surface area (Å²) >= 11 is 11.9. The van der Waals surface area contributed by atoms with Crippen LogP contribution in [0.5, 0.6) is 5.75 Å². The molecule has 0 aliphatic rings. The van der Waals surface area contributed by atoms with Crippen molar-refractivity contribution in [1.29, 1.82) is 0 Å². The smallest absolute Gasteiger partial charge is 0.329 e.